The summed E-state index contributed by atoms with van der Waals surface area (Å²) >= 11 is 0. The van der Waals surface area contributed by atoms with Gasteiger partial charge in [0.25, 0.3) is 5.91 Å². The highest BCUT2D eigenvalue weighted by Gasteiger charge is 2.12. The lowest BCUT2D eigenvalue weighted by Gasteiger charge is -2.12. The van der Waals surface area contributed by atoms with Gasteiger partial charge in [0.1, 0.15) is 5.82 Å². The van der Waals surface area contributed by atoms with Crippen molar-refractivity contribution < 1.29 is 9.21 Å². The molecule has 1 N–H and O–H groups in total. The van der Waals surface area contributed by atoms with E-state index in [9.17, 15) is 4.79 Å². The van der Waals surface area contributed by atoms with Gasteiger partial charge in [-0.05, 0) is 51.3 Å². The van der Waals surface area contributed by atoms with Crippen LogP contribution in [0.15, 0.2) is 47.1 Å². The van der Waals surface area contributed by atoms with E-state index < -0.39 is 0 Å². The summed E-state index contributed by atoms with van der Waals surface area (Å²) in [6.45, 7) is 2.47. The van der Waals surface area contributed by atoms with Crippen molar-refractivity contribution in [1.29, 1.82) is 0 Å². The third kappa shape index (κ3) is 4.28. The Morgan fingerprint density at radius 2 is 2.08 bits per heavy atom. The quantitative estimate of drug-likeness (QED) is 0.684. The number of benzene rings is 1. The summed E-state index contributed by atoms with van der Waals surface area (Å²) < 4.78 is 7.37. The van der Waals surface area contributed by atoms with Gasteiger partial charge in [-0.2, -0.15) is 0 Å². The zero-order valence-electron chi connectivity index (χ0n) is 14.7. The van der Waals surface area contributed by atoms with E-state index in [0.717, 1.165) is 36.4 Å². The van der Waals surface area contributed by atoms with E-state index in [4.69, 9.17) is 9.40 Å². The summed E-state index contributed by atoms with van der Waals surface area (Å²) in [7, 11) is 4.16. The van der Waals surface area contributed by atoms with Gasteiger partial charge in [-0.3, -0.25) is 4.79 Å². The molecule has 0 aliphatic rings. The van der Waals surface area contributed by atoms with Crippen LogP contribution < -0.4 is 5.32 Å². The molecule has 25 heavy (non-hydrogen) atoms. The maximum atomic E-state index is 12.0. The number of carbonyl (C=O) groups is 1. The van der Waals surface area contributed by atoms with Crippen molar-refractivity contribution in [3.8, 4) is 0 Å². The minimum absolute atomic E-state index is 0.194. The molecule has 0 radical (unpaired) electrons. The Labute approximate surface area is 147 Å². The Bertz CT molecular complexity index is 821. The van der Waals surface area contributed by atoms with Crippen LogP contribution in [0.5, 0.6) is 0 Å². The average molecular weight is 340 g/mol. The molecule has 0 aliphatic carbocycles. The summed E-state index contributed by atoms with van der Waals surface area (Å²) in [6.07, 6.45) is 3.24. The van der Waals surface area contributed by atoms with Gasteiger partial charge < -0.3 is 19.2 Å². The van der Waals surface area contributed by atoms with Crippen molar-refractivity contribution in [2.45, 2.75) is 19.4 Å². The van der Waals surface area contributed by atoms with Gasteiger partial charge in [0.2, 0.25) is 0 Å². The molecule has 3 aromatic rings. The van der Waals surface area contributed by atoms with Crippen LogP contribution in [0.25, 0.3) is 11.0 Å². The molecule has 3 rings (SSSR count). The Morgan fingerprint density at radius 1 is 1.24 bits per heavy atom. The predicted octanol–water partition coefficient (Wildman–Crippen LogP) is 2.55. The molecule has 0 saturated heterocycles. The first-order chi connectivity index (χ1) is 12.1. The standard InChI is InChI=1S/C19H24N4O2/c1-22(2)12-6-13-23-16-8-4-3-7-15(16)21-18(23)10-11-20-19(24)17-9-5-14-25-17/h3-5,7-9,14H,6,10-13H2,1-2H3,(H,20,24). The highest BCUT2D eigenvalue weighted by molar-refractivity contribution is 5.91. The van der Waals surface area contributed by atoms with Crippen LogP contribution in [-0.4, -0.2) is 47.5 Å². The summed E-state index contributed by atoms with van der Waals surface area (Å²) in [5.41, 5.74) is 2.15. The van der Waals surface area contributed by atoms with Gasteiger partial charge >= 0.3 is 0 Å². The minimum atomic E-state index is -0.194. The predicted molar refractivity (Wildman–Crippen MR) is 97.6 cm³/mol. The minimum Gasteiger partial charge on any atom is -0.459 e. The molecule has 6 nitrogen and oxygen atoms in total. The molecule has 0 aliphatic heterocycles. The van der Waals surface area contributed by atoms with Crippen molar-refractivity contribution in [2.75, 3.05) is 27.2 Å². The third-order valence-corrected chi connectivity index (χ3v) is 4.10. The van der Waals surface area contributed by atoms with Crippen LogP contribution in [0.3, 0.4) is 0 Å². The van der Waals surface area contributed by atoms with Crippen LogP contribution in [0.2, 0.25) is 0 Å². The summed E-state index contributed by atoms with van der Waals surface area (Å²) in [4.78, 5) is 18.9. The number of aromatic nitrogens is 2. The second kappa shape index (κ2) is 7.98. The number of aryl methyl sites for hydroxylation is 1. The smallest absolute Gasteiger partial charge is 0.286 e. The molecule has 0 bridgehead atoms. The molecule has 2 heterocycles. The summed E-state index contributed by atoms with van der Waals surface area (Å²) in [5, 5.41) is 2.89. The lowest BCUT2D eigenvalue weighted by Crippen LogP contribution is -2.26. The third-order valence-electron chi connectivity index (χ3n) is 4.10. The van der Waals surface area contributed by atoms with Crippen molar-refractivity contribution in [3.63, 3.8) is 0 Å². The van der Waals surface area contributed by atoms with Gasteiger partial charge in [-0.1, -0.05) is 12.1 Å². The zero-order valence-corrected chi connectivity index (χ0v) is 14.7. The van der Waals surface area contributed by atoms with Crippen molar-refractivity contribution in [1.82, 2.24) is 19.8 Å². The topological polar surface area (TPSA) is 63.3 Å². The Morgan fingerprint density at radius 3 is 2.84 bits per heavy atom. The van der Waals surface area contributed by atoms with Gasteiger partial charge in [0.15, 0.2) is 5.76 Å². The molecule has 2 aromatic heterocycles. The number of nitrogens with one attached hydrogen (secondary N) is 1. The van der Waals surface area contributed by atoms with Crippen LogP contribution in [-0.2, 0) is 13.0 Å². The second-order valence-electron chi connectivity index (χ2n) is 6.31. The number of fused-ring (bicyclic) bond motifs is 1. The Kier molecular flexibility index (Phi) is 5.50. The zero-order chi connectivity index (χ0) is 17.6. The fourth-order valence-electron chi connectivity index (χ4n) is 2.89. The first-order valence-corrected chi connectivity index (χ1v) is 8.56. The molecule has 0 saturated carbocycles. The van der Waals surface area contributed by atoms with E-state index >= 15 is 0 Å². The average Bonchev–Trinajstić information content (AvgIpc) is 3.23. The number of carbonyl (C=O) groups excluding carboxylic acids is 1. The number of furan rings is 1. The van der Waals surface area contributed by atoms with E-state index in [1.807, 2.05) is 18.2 Å². The van der Waals surface area contributed by atoms with Crippen LogP contribution in [0.1, 0.15) is 22.8 Å². The van der Waals surface area contributed by atoms with E-state index in [1.54, 1.807) is 12.1 Å². The first kappa shape index (κ1) is 17.2. The molecule has 0 spiro atoms. The molecule has 0 unspecified atom stereocenters. The number of hydrogen-bond donors (Lipinski definition) is 1. The maximum Gasteiger partial charge on any atom is 0.286 e. The van der Waals surface area contributed by atoms with E-state index in [0.29, 0.717) is 18.7 Å². The lowest BCUT2D eigenvalue weighted by atomic mass is 10.3. The molecular weight excluding hydrogens is 316 g/mol. The molecule has 1 aromatic carbocycles. The van der Waals surface area contributed by atoms with Gasteiger partial charge in [-0.25, -0.2) is 4.98 Å². The largest absolute Gasteiger partial charge is 0.459 e. The van der Waals surface area contributed by atoms with Crippen molar-refractivity contribution in [3.05, 3.63) is 54.2 Å². The lowest BCUT2D eigenvalue weighted by molar-refractivity contribution is 0.0926. The SMILES string of the molecule is CN(C)CCCn1c(CCNC(=O)c2ccco2)nc2ccccc21. The number of rotatable bonds is 8. The molecule has 132 valence electrons. The van der Waals surface area contributed by atoms with Gasteiger partial charge in [0, 0.05) is 19.5 Å². The molecule has 0 atom stereocenters. The first-order valence-electron chi connectivity index (χ1n) is 8.56. The fraction of sp³-hybridized carbons (Fsp3) is 0.368. The highest BCUT2D eigenvalue weighted by atomic mass is 16.3. The number of para-hydroxylation sites is 2. The second-order valence-corrected chi connectivity index (χ2v) is 6.31. The van der Waals surface area contributed by atoms with Crippen LogP contribution in [0, 0.1) is 0 Å². The van der Waals surface area contributed by atoms with Crippen molar-refractivity contribution in [2.24, 2.45) is 0 Å². The number of amides is 1. The van der Waals surface area contributed by atoms with Crippen molar-refractivity contribution >= 4 is 16.9 Å². The maximum absolute atomic E-state index is 12.0. The van der Waals surface area contributed by atoms with E-state index in [1.165, 1.54) is 6.26 Å². The van der Waals surface area contributed by atoms with E-state index in [2.05, 4.69) is 34.9 Å². The fourth-order valence-corrected chi connectivity index (χ4v) is 2.89. The molecule has 6 heteroatoms. The number of nitrogens with zero attached hydrogens (tertiary/aromatic N) is 3. The monoisotopic (exact) mass is 340 g/mol. The Balaban J connectivity index is 1.68. The number of imidazole rings is 1. The highest BCUT2D eigenvalue weighted by Crippen LogP contribution is 2.17. The Hall–Kier alpha value is -2.60. The van der Waals surface area contributed by atoms with Crippen LogP contribution in [0.4, 0.5) is 0 Å². The molecule has 1 amide bonds. The molecule has 0 fully saturated rings. The summed E-state index contributed by atoms with van der Waals surface area (Å²) in [5.74, 6) is 1.14. The van der Waals surface area contributed by atoms with E-state index in [-0.39, 0.29) is 5.91 Å². The molecular formula is C19H24N4O2. The summed E-state index contributed by atoms with van der Waals surface area (Å²) in [6, 6.07) is 11.5. The van der Waals surface area contributed by atoms with Gasteiger partial charge in [-0.15, -0.1) is 0 Å². The normalized spacial score (nSPS) is 11.3. The van der Waals surface area contributed by atoms with Crippen LogP contribution >= 0.6 is 0 Å². The van der Waals surface area contributed by atoms with Gasteiger partial charge in [0.05, 0.1) is 17.3 Å². The number of hydrogen-bond acceptors (Lipinski definition) is 4.